The van der Waals surface area contributed by atoms with E-state index in [0.717, 1.165) is 32.8 Å². The van der Waals surface area contributed by atoms with Crippen molar-refractivity contribution < 1.29 is 4.74 Å². The van der Waals surface area contributed by atoms with E-state index in [1.807, 2.05) is 42.5 Å². The number of benzene rings is 3. The van der Waals surface area contributed by atoms with Crippen LogP contribution in [0.1, 0.15) is 16.7 Å². The Balaban J connectivity index is 1.64. The summed E-state index contributed by atoms with van der Waals surface area (Å²) < 4.78 is 6.85. The van der Waals surface area contributed by atoms with Gasteiger partial charge in [0.15, 0.2) is 0 Å². The van der Waals surface area contributed by atoms with Crippen LogP contribution in [0, 0.1) is 0 Å². The number of hydrogen-bond acceptors (Lipinski definition) is 1. The molecule has 3 aromatic carbocycles. The lowest BCUT2D eigenvalue weighted by Crippen LogP contribution is -1.95. The first kappa shape index (κ1) is 16.1. The van der Waals surface area contributed by atoms with Gasteiger partial charge in [0.2, 0.25) is 0 Å². The van der Waals surface area contributed by atoms with Gasteiger partial charge in [-0.15, -0.1) is 0 Å². The molecule has 0 spiro atoms. The number of halogens is 2. The summed E-state index contributed by atoms with van der Waals surface area (Å²) in [5.74, 6) is 0.873. The van der Waals surface area contributed by atoms with Crippen molar-refractivity contribution in [2.75, 3.05) is 0 Å². The summed E-state index contributed by atoms with van der Waals surface area (Å²) in [4.78, 5) is 0. The fraction of sp³-hybridized carbons (Fsp3) is 0.100. The SMILES string of the molecule is Clc1ccc(Br)cc1Cc1ccc(OCc2ccccc2)cc1. The maximum atomic E-state index is 6.25. The zero-order chi connectivity index (χ0) is 16.1. The molecule has 0 saturated carbocycles. The standard InChI is InChI=1S/C20H16BrClO/c21-18-8-11-20(22)17(13-18)12-15-6-9-19(10-7-15)23-14-16-4-2-1-3-5-16/h1-11,13H,12,14H2. The van der Waals surface area contributed by atoms with Gasteiger partial charge in [0.05, 0.1) is 0 Å². The Morgan fingerprint density at radius 3 is 2.30 bits per heavy atom. The zero-order valence-electron chi connectivity index (χ0n) is 12.5. The summed E-state index contributed by atoms with van der Waals surface area (Å²) in [5, 5.41) is 0.789. The summed E-state index contributed by atoms with van der Waals surface area (Å²) in [5.41, 5.74) is 3.48. The fourth-order valence-corrected chi connectivity index (χ4v) is 2.94. The number of hydrogen-bond donors (Lipinski definition) is 0. The molecule has 0 aromatic heterocycles. The Kier molecular flexibility index (Phi) is 5.37. The maximum absolute atomic E-state index is 6.25. The normalized spacial score (nSPS) is 10.5. The first-order valence-corrected chi connectivity index (χ1v) is 8.57. The van der Waals surface area contributed by atoms with Crippen molar-refractivity contribution in [1.82, 2.24) is 0 Å². The fourth-order valence-electron chi connectivity index (χ4n) is 2.34. The lowest BCUT2D eigenvalue weighted by Gasteiger charge is -2.08. The van der Waals surface area contributed by atoms with Crippen LogP contribution >= 0.6 is 27.5 Å². The second-order valence-electron chi connectivity index (χ2n) is 5.33. The molecule has 0 radical (unpaired) electrons. The predicted octanol–water partition coefficient (Wildman–Crippen LogP) is 6.27. The van der Waals surface area contributed by atoms with Gasteiger partial charge >= 0.3 is 0 Å². The molecular weight excluding hydrogens is 372 g/mol. The van der Waals surface area contributed by atoms with Gasteiger partial charge in [-0.25, -0.2) is 0 Å². The molecule has 0 aliphatic heterocycles. The molecule has 0 fully saturated rings. The van der Waals surface area contributed by atoms with E-state index in [4.69, 9.17) is 16.3 Å². The smallest absolute Gasteiger partial charge is 0.119 e. The van der Waals surface area contributed by atoms with Gasteiger partial charge in [-0.3, -0.25) is 0 Å². The minimum absolute atomic E-state index is 0.581. The highest BCUT2D eigenvalue weighted by atomic mass is 79.9. The molecule has 0 aliphatic rings. The van der Waals surface area contributed by atoms with Crippen LogP contribution in [-0.4, -0.2) is 0 Å². The second-order valence-corrected chi connectivity index (χ2v) is 6.65. The first-order valence-electron chi connectivity index (χ1n) is 7.40. The van der Waals surface area contributed by atoms with Crippen LogP contribution in [0.4, 0.5) is 0 Å². The Bertz CT molecular complexity index is 769. The molecule has 23 heavy (non-hydrogen) atoms. The lowest BCUT2D eigenvalue weighted by atomic mass is 10.1. The molecule has 0 unspecified atom stereocenters. The molecule has 0 saturated heterocycles. The molecular formula is C20H16BrClO. The van der Waals surface area contributed by atoms with Crippen LogP contribution < -0.4 is 4.74 Å². The summed E-state index contributed by atoms with van der Waals surface area (Å²) >= 11 is 9.73. The lowest BCUT2D eigenvalue weighted by molar-refractivity contribution is 0.306. The first-order chi connectivity index (χ1) is 11.2. The Labute approximate surface area is 150 Å². The highest BCUT2D eigenvalue weighted by Gasteiger charge is 2.03. The third kappa shape index (κ3) is 4.60. The van der Waals surface area contributed by atoms with Gasteiger partial charge in [0.25, 0.3) is 0 Å². The third-order valence-electron chi connectivity index (χ3n) is 3.57. The number of ether oxygens (including phenoxy) is 1. The topological polar surface area (TPSA) is 9.23 Å². The van der Waals surface area contributed by atoms with Crippen LogP contribution in [0.3, 0.4) is 0 Å². The third-order valence-corrected chi connectivity index (χ3v) is 4.44. The summed E-state index contributed by atoms with van der Waals surface area (Å²) in [6.07, 6.45) is 0.803. The van der Waals surface area contributed by atoms with E-state index in [0.29, 0.717) is 6.61 Å². The quantitative estimate of drug-likeness (QED) is 0.501. The summed E-state index contributed by atoms with van der Waals surface area (Å²) in [7, 11) is 0. The summed E-state index contributed by atoms with van der Waals surface area (Å²) in [6.45, 7) is 0.581. The maximum Gasteiger partial charge on any atom is 0.119 e. The van der Waals surface area contributed by atoms with Crippen molar-refractivity contribution in [3.8, 4) is 5.75 Å². The average molecular weight is 388 g/mol. The Hall–Kier alpha value is -1.77. The van der Waals surface area contributed by atoms with E-state index in [1.165, 1.54) is 5.56 Å². The molecule has 3 heteroatoms. The molecule has 0 bridgehead atoms. The van der Waals surface area contributed by atoms with Crippen molar-refractivity contribution in [2.24, 2.45) is 0 Å². The Morgan fingerprint density at radius 2 is 1.57 bits per heavy atom. The molecule has 0 atom stereocenters. The highest BCUT2D eigenvalue weighted by molar-refractivity contribution is 9.10. The van der Waals surface area contributed by atoms with E-state index >= 15 is 0 Å². The van der Waals surface area contributed by atoms with E-state index in [2.05, 4.69) is 46.3 Å². The predicted molar refractivity (Wildman–Crippen MR) is 99.2 cm³/mol. The monoisotopic (exact) mass is 386 g/mol. The second kappa shape index (κ2) is 7.67. The molecule has 116 valence electrons. The summed E-state index contributed by atoms with van der Waals surface area (Å²) in [6, 6.07) is 24.3. The highest BCUT2D eigenvalue weighted by Crippen LogP contribution is 2.24. The molecule has 1 nitrogen and oxygen atoms in total. The average Bonchev–Trinajstić information content (AvgIpc) is 2.58. The molecule has 3 aromatic rings. The molecule has 0 amide bonds. The van der Waals surface area contributed by atoms with E-state index in [9.17, 15) is 0 Å². The van der Waals surface area contributed by atoms with Crippen LogP contribution in [0.2, 0.25) is 5.02 Å². The molecule has 0 aliphatic carbocycles. The van der Waals surface area contributed by atoms with Gasteiger partial charge in [0.1, 0.15) is 12.4 Å². The number of rotatable bonds is 5. The largest absolute Gasteiger partial charge is 0.489 e. The van der Waals surface area contributed by atoms with Crippen molar-refractivity contribution in [3.63, 3.8) is 0 Å². The van der Waals surface area contributed by atoms with Crippen LogP contribution in [0.5, 0.6) is 5.75 Å². The van der Waals surface area contributed by atoms with E-state index in [-0.39, 0.29) is 0 Å². The van der Waals surface area contributed by atoms with Gasteiger partial charge in [0, 0.05) is 9.50 Å². The van der Waals surface area contributed by atoms with Crippen LogP contribution in [0.15, 0.2) is 77.3 Å². The Morgan fingerprint density at radius 1 is 0.826 bits per heavy atom. The minimum atomic E-state index is 0.581. The van der Waals surface area contributed by atoms with Gasteiger partial charge in [-0.2, -0.15) is 0 Å². The molecule has 0 heterocycles. The zero-order valence-corrected chi connectivity index (χ0v) is 14.8. The van der Waals surface area contributed by atoms with Gasteiger partial charge in [-0.1, -0.05) is 70.0 Å². The van der Waals surface area contributed by atoms with Crippen molar-refractivity contribution in [1.29, 1.82) is 0 Å². The van der Waals surface area contributed by atoms with Crippen molar-refractivity contribution in [2.45, 2.75) is 13.0 Å². The van der Waals surface area contributed by atoms with Crippen LogP contribution in [-0.2, 0) is 13.0 Å². The van der Waals surface area contributed by atoms with E-state index < -0.39 is 0 Å². The van der Waals surface area contributed by atoms with Crippen molar-refractivity contribution >= 4 is 27.5 Å². The van der Waals surface area contributed by atoms with Gasteiger partial charge < -0.3 is 4.74 Å². The van der Waals surface area contributed by atoms with E-state index in [1.54, 1.807) is 0 Å². The van der Waals surface area contributed by atoms with Crippen molar-refractivity contribution in [3.05, 3.63) is 99.0 Å². The molecule has 0 N–H and O–H groups in total. The molecule has 3 rings (SSSR count). The minimum Gasteiger partial charge on any atom is -0.489 e. The van der Waals surface area contributed by atoms with Gasteiger partial charge in [-0.05, 0) is 53.4 Å². The van der Waals surface area contributed by atoms with Crippen LogP contribution in [0.25, 0.3) is 0 Å².